The molecule has 0 fully saturated rings. The number of pyridine rings is 1. The lowest BCUT2D eigenvalue weighted by Crippen LogP contribution is -1.93. The van der Waals surface area contributed by atoms with E-state index in [9.17, 15) is 5.26 Å². The third-order valence-corrected chi connectivity index (χ3v) is 4.07. The van der Waals surface area contributed by atoms with Gasteiger partial charge in [0, 0.05) is 35.1 Å². The average molecular weight is 337 g/mol. The van der Waals surface area contributed by atoms with Crippen molar-refractivity contribution >= 4 is 23.1 Å². The normalized spacial score (nSPS) is 10.9. The first kappa shape index (κ1) is 15.7. The van der Waals surface area contributed by atoms with Crippen LogP contribution in [0, 0.1) is 11.3 Å². The topological polar surface area (TPSA) is 61.7 Å². The van der Waals surface area contributed by atoms with E-state index in [-0.39, 0.29) is 0 Å². The second-order valence-electron chi connectivity index (χ2n) is 5.76. The van der Waals surface area contributed by atoms with Gasteiger partial charge in [0.1, 0.15) is 17.4 Å². The maximum absolute atomic E-state index is 9.48. The van der Waals surface area contributed by atoms with Crippen molar-refractivity contribution in [3.05, 3.63) is 89.9 Å². The minimum absolute atomic E-state index is 0.396. The van der Waals surface area contributed by atoms with Crippen LogP contribution in [-0.4, -0.2) is 9.97 Å². The van der Waals surface area contributed by atoms with Gasteiger partial charge < -0.3 is 9.72 Å². The second kappa shape index (κ2) is 6.96. The van der Waals surface area contributed by atoms with Crippen molar-refractivity contribution in [3.8, 4) is 17.6 Å². The second-order valence-corrected chi connectivity index (χ2v) is 5.76. The van der Waals surface area contributed by atoms with E-state index in [0.29, 0.717) is 17.1 Å². The molecule has 2 heterocycles. The maximum atomic E-state index is 9.48. The summed E-state index contributed by atoms with van der Waals surface area (Å²) in [5.74, 6) is 1.20. The van der Waals surface area contributed by atoms with Gasteiger partial charge in [-0.3, -0.25) is 4.98 Å². The number of rotatable bonds is 4. The number of nitrogens with zero attached hydrogens (tertiary/aromatic N) is 2. The van der Waals surface area contributed by atoms with E-state index in [4.69, 9.17) is 4.74 Å². The molecule has 4 heteroatoms. The molecule has 0 aliphatic carbocycles. The summed E-state index contributed by atoms with van der Waals surface area (Å²) in [6.45, 7) is 0. The predicted octanol–water partition coefficient (Wildman–Crippen LogP) is 5.40. The van der Waals surface area contributed by atoms with Crippen LogP contribution in [0.1, 0.15) is 16.7 Å². The molecule has 1 N–H and O–H groups in total. The smallest absolute Gasteiger partial charge is 0.155 e. The number of ether oxygens (including phenoxy) is 1. The summed E-state index contributed by atoms with van der Waals surface area (Å²) in [7, 11) is 0. The van der Waals surface area contributed by atoms with E-state index in [1.54, 1.807) is 6.20 Å². The van der Waals surface area contributed by atoms with E-state index >= 15 is 0 Å². The summed E-state index contributed by atoms with van der Waals surface area (Å²) in [5, 5.41) is 10.4. The van der Waals surface area contributed by atoms with E-state index in [1.165, 1.54) is 6.20 Å². The molecule has 2 aromatic carbocycles. The van der Waals surface area contributed by atoms with Gasteiger partial charge in [0.25, 0.3) is 0 Å². The fourth-order valence-electron chi connectivity index (χ4n) is 2.78. The van der Waals surface area contributed by atoms with Crippen LogP contribution in [0.15, 0.2) is 73.2 Å². The zero-order chi connectivity index (χ0) is 17.8. The molecule has 0 spiro atoms. The lowest BCUT2D eigenvalue weighted by atomic mass is 10.1. The van der Waals surface area contributed by atoms with Gasteiger partial charge in [-0.2, -0.15) is 5.26 Å². The van der Waals surface area contributed by atoms with Gasteiger partial charge in [0.05, 0.1) is 0 Å². The molecular formula is C22H15N3O. The van der Waals surface area contributed by atoms with Crippen molar-refractivity contribution in [1.29, 1.82) is 5.26 Å². The minimum Gasteiger partial charge on any atom is -0.455 e. The van der Waals surface area contributed by atoms with Crippen molar-refractivity contribution in [2.24, 2.45) is 0 Å². The predicted molar refractivity (Wildman–Crippen MR) is 103 cm³/mol. The Bertz CT molecular complexity index is 1120. The Morgan fingerprint density at radius 2 is 1.85 bits per heavy atom. The zero-order valence-corrected chi connectivity index (χ0v) is 13.9. The third kappa shape index (κ3) is 3.06. The number of hydrogen-bond donors (Lipinski definition) is 1. The highest BCUT2D eigenvalue weighted by atomic mass is 16.5. The largest absolute Gasteiger partial charge is 0.455 e. The Kier molecular flexibility index (Phi) is 4.19. The number of fused-ring (bicyclic) bond motifs is 1. The number of nitrogens with one attached hydrogen (secondary N) is 1. The van der Waals surface area contributed by atoms with Gasteiger partial charge in [-0.25, -0.2) is 0 Å². The molecule has 124 valence electrons. The van der Waals surface area contributed by atoms with Crippen molar-refractivity contribution in [2.75, 3.05) is 0 Å². The van der Waals surface area contributed by atoms with Crippen LogP contribution < -0.4 is 4.74 Å². The van der Waals surface area contributed by atoms with Crippen LogP contribution in [0.5, 0.6) is 11.5 Å². The average Bonchev–Trinajstić information content (AvgIpc) is 3.18. The Balaban J connectivity index is 1.76. The Morgan fingerprint density at radius 3 is 2.69 bits per heavy atom. The molecule has 0 atom stereocenters. The van der Waals surface area contributed by atoms with Crippen molar-refractivity contribution in [1.82, 2.24) is 9.97 Å². The first-order valence-corrected chi connectivity index (χ1v) is 8.20. The van der Waals surface area contributed by atoms with Gasteiger partial charge in [-0.05, 0) is 29.8 Å². The molecule has 0 saturated heterocycles. The van der Waals surface area contributed by atoms with Crippen molar-refractivity contribution < 1.29 is 4.74 Å². The lowest BCUT2D eigenvalue weighted by molar-refractivity contribution is 0.485. The van der Waals surface area contributed by atoms with Gasteiger partial charge in [-0.1, -0.05) is 42.5 Å². The number of hydrogen-bond acceptors (Lipinski definition) is 3. The number of nitriles is 1. The SMILES string of the molecule is N#Cc1cncc(C=Cc2ccccc2)c1Oc1cccc2[nH]ccc12. The maximum Gasteiger partial charge on any atom is 0.155 e. The van der Waals surface area contributed by atoms with Gasteiger partial charge in [-0.15, -0.1) is 0 Å². The summed E-state index contributed by atoms with van der Waals surface area (Å²) >= 11 is 0. The van der Waals surface area contributed by atoms with Crippen LogP contribution in [0.3, 0.4) is 0 Å². The molecule has 4 aromatic rings. The first-order valence-electron chi connectivity index (χ1n) is 8.20. The van der Waals surface area contributed by atoms with Crippen LogP contribution in [0.2, 0.25) is 0 Å². The quantitative estimate of drug-likeness (QED) is 0.542. The number of aromatic nitrogens is 2. The summed E-state index contributed by atoms with van der Waals surface area (Å²) in [4.78, 5) is 7.33. The first-order chi connectivity index (χ1) is 12.8. The highest BCUT2D eigenvalue weighted by Crippen LogP contribution is 2.33. The number of H-pyrrole nitrogens is 1. The highest BCUT2D eigenvalue weighted by molar-refractivity contribution is 5.86. The fraction of sp³-hybridized carbons (Fsp3) is 0. The Labute approximate surface area is 151 Å². The molecule has 0 aliphatic rings. The summed E-state index contributed by atoms with van der Waals surface area (Å²) in [5.41, 5.74) is 3.19. The molecule has 0 saturated carbocycles. The summed E-state index contributed by atoms with van der Waals surface area (Å²) < 4.78 is 6.16. The zero-order valence-electron chi connectivity index (χ0n) is 13.9. The summed E-state index contributed by atoms with van der Waals surface area (Å²) in [6, 6.07) is 19.9. The van der Waals surface area contributed by atoms with Gasteiger partial charge in [0.15, 0.2) is 5.75 Å². The molecule has 0 radical (unpaired) electrons. The highest BCUT2D eigenvalue weighted by Gasteiger charge is 2.12. The van der Waals surface area contributed by atoms with Crippen LogP contribution >= 0.6 is 0 Å². The Hall–Kier alpha value is -3.84. The van der Waals surface area contributed by atoms with Crippen molar-refractivity contribution in [2.45, 2.75) is 0 Å². The Morgan fingerprint density at radius 1 is 0.962 bits per heavy atom. The number of benzene rings is 2. The molecule has 0 amide bonds. The van der Waals surface area contributed by atoms with Gasteiger partial charge >= 0.3 is 0 Å². The summed E-state index contributed by atoms with van der Waals surface area (Å²) in [6.07, 6.45) is 8.97. The van der Waals surface area contributed by atoms with Crippen LogP contribution in [0.4, 0.5) is 0 Å². The van der Waals surface area contributed by atoms with Gasteiger partial charge in [0.2, 0.25) is 0 Å². The number of aromatic amines is 1. The van der Waals surface area contributed by atoms with E-state index < -0.39 is 0 Å². The van der Waals surface area contributed by atoms with E-state index in [0.717, 1.165) is 22.0 Å². The van der Waals surface area contributed by atoms with E-state index in [1.807, 2.05) is 72.9 Å². The van der Waals surface area contributed by atoms with E-state index in [2.05, 4.69) is 16.0 Å². The minimum atomic E-state index is 0.396. The monoisotopic (exact) mass is 337 g/mol. The molecule has 26 heavy (non-hydrogen) atoms. The van der Waals surface area contributed by atoms with Crippen LogP contribution in [-0.2, 0) is 0 Å². The lowest BCUT2D eigenvalue weighted by Gasteiger charge is -2.11. The molecule has 2 aromatic heterocycles. The molecule has 4 rings (SSSR count). The standard InChI is InChI=1S/C22H15N3O/c23-13-18-15-24-14-17(10-9-16-5-2-1-3-6-16)22(18)26-21-8-4-7-20-19(21)11-12-25-20/h1-12,14-15,25H. The molecular weight excluding hydrogens is 322 g/mol. The molecule has 0 unspecified atom stereocenters. The third-order valence-electron chi connectivity index (χ3n) is 4.07. The fourth-order valence-corrected chi connectivity index (χ4v) is 2.78. The molecule has 4 nitrogen and oxygen atoms in total. The molecule has 0 bridgehead atoms. The van der Waals surface area contributed by atoms with Crippen LogP contribution in [0.25, 0.3) is 23.1 Å². The molecule has 0 aliphatic heterocycles. The van der Waals surface area contributed by atoms with Crippen molar-refractivity contribution in [3.63, 3.8) is 0 Å².